The van der Waals surface area contributed by atoms with Gasteiger partial charge in [-0.05, 0) is 43.3 Å². The summed E-state index contributed by atoms with van der Waals surface area (Å²) < 4.78 is 30.3. The highest BCUT2D eigenvalue weighted by Crippen LogP contribution is 2.30. The Morgan fingerprint density at radius 2 is 1.84 bits per heavy atom. The van der Waals surface area contributed by atoms with E-state index >= 15 is 0 Å². The van der Waals surface area contributed by atoms with Crippen LogP contribution in [0.4, 0.5) is 0 Å². The molecule has 0 saturated carbocycles. The number of ether oxygens (including phenoxy) is 1. The van der Waals surface area contributed by atoms with Gasteiger partial charge in [0.2, 0.25) is 0 Å². The van der Waals surface area contributed by atoms with Crippen molar-refractivity contribution in [3.63, 3.8) is 0 Å². The van der Waals surface area contributed by atoms with Crippen molar-refractivity contribution >= 4 is 21.4 Å². The smallest absolute Gasteiger partial charge is 0.177 e. The van der Waals surface area contributed by atoms with Crippen molar-refractivity contribution in [1.29, 1.82) is 0 Å². The van der Waals surface area contributed by atoms with Crippen LogP contribution in [0.1, 0.15) is 6.92 Å². The standard InChI is InChI=1S/C17H16ClN3O3S/c1-3-24-13-6-4-12(5-7-13)16-17(18)20-11-21(16)15-9-8-14(10-19-15)25(2,22)23/h4-11H,3H2,1-2H3. The SMILES string of the molecule is CCOc1ccc(-c2c(Cl)ncn2-c2ccc(S(C)(=O)=O)cn2)cc1. The van der Waals surface area contributed by atoms with Crippen molar-refractivity contribution in [2.45, 2.75) is 11.8 Å². The molecule has 0 radical (unpaired) electrons. The van der Waals surface area contributed by atoms with Gasteiger partial charge in [-0.3, -0.25) is 4.57 Å². The second kappa shape index (κ2) is 6.85. The van der Waals surface area contributed by atoms with Gasteiger partial charge >= 0.3 is 0 Å². The number of sulfone groups is 1. The zero-order chi connectivity index (χ0) is 18.0. The first-order chi connectivity index (χ1) is 11.9. The van der Waals surface area contributed by atoms with E-state index in [1.807, 2.05) is 31.2 Å². The molecule has 1 aromatic carbocycles. The lowest BCUT2D eigenvalue weighted by Gasteiger charge is -2.09. The van der Waals surface area contributed by atoms with E-state index in [1.54, 1.807) is 17.0 Å². The van der Waals surface area contributed by atoms with E-state index in [9.17, 15) is 8.42 Å². The van der Waals surface area contributed by atoms with E-state index < -0.39 is 9.84 Å². The van der Waals surface area contributed by atoms with Crippen LogP contribution in [-0.4, -0.2) is 35.8 Å². The third kappa shape index (κ3) is 3.67. The predicted octanol–water partition coefficient (Wildman–Crippen LogP) is 3.39. The van der Waals surface area contributed by atoms with Crippen LogP contribution in [0.3, 0.4) is 0 Å². The molecule has 2 heterocycles. The first kappa shape index (κ1) is 17.4. The maximum Gasteiger partial charge on any atom is 0.177 e. The van der Waals surface area contributed by atoms with Crippen molar-refractivity contribution in [3.8, 4) is 22.8 Å². The molecule has 0 aliphatic rings. The molecule has 3 aromatic rings. The first-order valence-corrected chi connectivity index (χ1v) is 9.79. The monoisotopic (exact) mass is 377 g/mol. The summed E-state index contributed by atoms with van der Waals surface area (Å²) in [6.45, 7) is 2.51. The highest BCUT2D eigenvalue weighted by Gasteiger charge is 2.15. The van der Waals surface area contributed by atoms with Gasteiger partial charge in [0.25, 0.3) is 0 Å². The fraction of sp³-hybridized carbons (Fsp3) is 0.176. The Morgan fingerprint density at radius 3 is 2.40 bits per heavy atom. The summed E-state index contributed by atoms with van der Waals surface area (Å²) in [7, 11) is -3.30. The molecule has 6 nitrogen and oxygen atoms in total. The van der Waals surface area contributed by atoms with Crippen LogP contribution in [0, 0.1) is 0 Å². The molecule has 0 spiro atoms. The molecule has 0 fully saturated rings. The van der Waals surface area contributed by atoms with Crippen LogP contribution in [0.5, 0.6) is 5.75 Å². The maximum absolute atomic E-state index is 11.6. The van der Waals surface area contributed by atoms with Crippen molar-refractivity contribution in [1.82, 2.24) is 14.5 Å². The van der Waals surface area contributed by atoms with E-state index in [1.165, 1.54) is 12.3 Å². The Bertz CT molecular complexity index is 981. The molecule has 0 N–H and O–H groups in total. The first-order valence-electron chi connectivity index (χ1n) is 7.52. The fourth-order valence-electron chi connectivity index (χ4n) is 2.37. The summed E-state index contributed by atoms with van der Waals surface area (Å²) in [4.78, 5) is 8.52. The van der Waals surface area contributed by atoms with E-state index in [2.05, 4.69) is 9.97 Å². The van der Waals surface area contributed by atoms with Gasteiger partial charge in [-0.2, -0.15) is 0 Å². The Kier molecular flexibility index (Phi) is 4.78. The Morgan fingerprint density at radius 1 is 1.12 bits per heavy atom. The summed E-state index contributed by atoms with van der Waals surface area (Å²) in [5.74, 6) is 1.29. The number of hydrogen-bond donors (Lipinski definition) is 0. The van der Waals surface area contributed by atoms with Crippen molar-refractivity contribution < 1.29 is 13.2 Å². The van der Waals surface area contributed by atoms with Crippen LogP contribution in [0.25, 0.3) is 17.1 Å². The van der Waals surface area contributed by atoms with Crippen molar-refractivity contribution in [2.24, 2.45) is 0 Å². The van der Waals surface area contributed by atoms with Crippen molar-refractivity contribution in [2.75, 3.05) is 12.9 Å². The number of imidazole rings is 1. The van der Waals surface area contributed by atoms with Crippen LogP contribution < -0.4 is 4.74 Å². The molecule has 0 saturated heterocycles. The molecule has 2 aromatic heterocycles. The van der Waals surface area contributed by atoms with Crippen molar-refractivity contribution in [3.05, 3.63) is 54.1 Å². The molecule has 0 amide bonds. The highest BCUT2D eigenvalue weighted by atomic mass is 35.5. The van der Waals surface area contributed by atoms with Crippen LogP contribution in [0.15, 0.2) is 53.8 Å². The van der Waals surface area contributed by atoms with Gasteiger partial charge in [0.05, 0.1) is 17.2 Å². The van der Waals surface area contributed by atoms with Gasteiger partial charge in [-0.25, -0.2) is 18.4 Å². The van der Waals surface area contributed by atoms with Crippen LogP contribution >= 0.6 is 11.6 Å². The zero-order valence-electron chi connectivity index (χ0n) is 13.7. The summed E-state index contributed by atoms with van der Waals surface area (Å²) in [5.41, 5.74) is 1.52. The molecule has 0 bridgehead atoms. The third-order valence-corrected chi connectivity index (χ3v) is 4.93. The Balaban J connectivity index is 2.02. The molecule has 130 valence electrons. The molecule has 0 atom stereocenters. The van der Waals surface area contributed by atoms with Gasteiger partial charge < -0.3 is 4.74 Å². The second-order valence-corrected chi connectivity index (χ2v) is 7.71. The van der Waals surface area contributed by atoms with E-state index in [4.69, 9.17) is 16.3 Å². The zero-order valence-corrected chi connectivity index (χ0v) is 15.3. The van der Waals surface area contributed by atoms with Crippen LogP contribution in [-0.2, 0) is 9.84 Å². The van der Waals surface area contributed by atoms with Gasteiger partial charge in [0, 0.05) is 18.0 Å². The minimum Gasteiger partial charge on any atom is -0.494 e. The number of halogens is 1. The lowest BCUT2D eigenvalue weighted by atomic mass is 10.1. The average Bonchev–Trinajstić information content (AvgIpc) is 2.97. The minimum absolute atomic E-state index is 0.157. The number of aromatic nitrogens is 3. The number of benzene rings is 1. The summed E-state index contributed by atoms with van der Waals surface area (Å²) in [6, 6.07) is 10.6. The third-order valence-electron chi connectivity index (χ3n) is 3.56. The lowest BCUT2D eigenvalue weighted by molar-refractivity contribution is 0.340. The predicted molar refractivity (Wildman–Crippen MR) is 96.1 cm³/mol. The summed E-state index contributed by atoms with van der Waals surface area (Å²) >= 11 is 6.25. The second-order valence-electron chi connectivity index (χ2n) is 5.34. The van der Waals surface area contributed by atoms with Gasteiger partial charge in [-0.15, -0.1) is 0 Å². The molecule has 8 heteroatoms. The topological polar surface area (TPSA) is 74.1 Å². The normalized spacial score (nSPS) is 11.5. The number of nitrogens with zero attached hydrogens (tertiary/aromatic N) is 3. The molecular weight excluding hydrogens is 362 g/mol. The minimum atomic E-state index is -3.30. The van der Waals surface area contributed by atoms with E-state index in [0.717, 1.165) is 17.6 Å². The molecular formula is C17H16ClN3O3S. The van der Waals surface area contributed by atoms with Crippen LogP contribution in [0.2, 0.25) is 5.15 Å². The van der Waals surface area contributed by atoms with E-state index in [0.29, 0.717) is 23.3 Å². The van der Waals surface area contributed by atoms with Gasteiger partial charge in [0.1, 0.15) is 17.9 Å². The molecule has 0 aliphatic heterocycles. The Labute approximate surface area is 151 Å². The Hall–Kier alpha value is -2.38. The molecule has 3 rings (SSSR count). The number of pyridine rings is 1. The number of rotatable bonds is 5. The quantitative estimate of drug-likeness (QED) is 0.681. The molecule has 25 heavy (non-hydrogen) atoms. The highest BCUT2D eigenvalue weighted by molar-refractivity contribution is 7.90. The molecule has 0 unspecified atom stereocenters. The summed E-state index contributed by atoms with van der Waals surface area (Å²) in [6.07, 6.45) is 4.01. The average molecular weight is 378 g/mol. The van der Waals surface area contributed by atoms with Gasteiger partial charge in [0.15, 0.2) is 15.0 Å². The fourth-order valence-corrected chi connectivity index (χ4v) is 3.17. The maximum atomic E-state index is 11.6. The lowest BCUT2D eigenvalue weighted by Crippen LogP contribution is -2.02. The van der Waals surface area contributed by atoms with Gasteiger partial charge in [-0.1, -0.05) is 11.6 Å². The largest absolute Gasteiger partial charge is 0.494 e. The summed E-state index contributed by atoms with van der Waals surface area (Å²) in [5, 5.41) is 0.332. The van der Waals surface area contributed by atoms with E-state index in [-0.39, 0.29) is 4.90 Å². The number of hydrogen-bond acceptors (Lipinski definition) is 5. The molecule has 0 aliphatic carbocycles.